The first-order valence-electron chi connectivity index (χ1n) is 9.77. The van der Waals surface area contributed by atoms with Gasteiger partial charge in [-0.1, -0.05) is 65.7 Å². The van der Waals surface area contributed by atoms with E-state index in [0.29, 0.717) is 10.6 Å². The third-order valence-electron chi connectivity index (χ3n) is 5.31. The molecule has 4 amide bonds. The van der Waals surface area contributed by atoms with E-state index in [1.54, 1.807) is 19.1 Å². The molecule has 2 heterocycles. The van der Waals surface area contributed by atoms with E-state index in [2.05, 4.69) is 10.6 Å². The molecule has 3 aromatic rings. The van der Waals surface area contributed by atoms with Crippen LogP contribution in [-0.2, 0) is 15.1 Å². The fraction of sp³-hybridized carbons (Fsp3) is 0.174. The topological polar surface area (TPSA) is 78.5 Å². The predicted molar refractivity (Wildman–Crippen MR) is 125 cm³/mol. The molecular formula is C23H19Cl2N3O3S. The highest BCUT2D eigenvalue weighted by atomic mass is 35.5. The minimum Gasteiger partial charge on any atom is -0.343 e. The number of nitrogens with one attached hydrogen (secondary N) is 2. The number of thiophene rings is 1. The number of amides is 4. The molecule has 0 saturated carbocycles. The lowest BCUT2D eigenvalue weighted by atomic mass is 9.92. The van der Waals surface area contributed by atoms with Crippen LogP contribution < -0.4 is 10.6 Å². The number of carbonyl (C=O) groups is 3. The second-order valence-corrected chi connectivity index (χ2v) is 9.32. The smallest absolute Gasteiger partial charge is 0.325 e. The Labute approximate surface area is 199 Å². The zero-order chi connectivity index (χ0) is 22.9. The number of urea groups is 1. The van der Waals surface area contributed by atoms with Gasteiger partial charge in [0, 0.05) is 20.5 Å². The van der Waals surface area contributed by atoms with Gasteiger partial charge in [-0.2, -0.15) is 0 Å². The van der Waals surface area contributed by atoms with Crippen molar-refractivity contribution in [2.75, 3.05) is 6.54 Å². The van der Waals surface area contributed by atoms with Gasteiger partial charge in [0.15, 0.2) is 0 Å². The number of rotatable bonds is 6. The molecule has 1 aromatic heterocycles. The highest BCUT2D eigenvalue weighted by Crippen LogP contribution is 2.35. The normalized spacial score (nSPS) is 19.0. The maximum atomic E-state index is 13.2. The van der Waals surface area contributed by atoms with E-state index < -0.39 is 29.9 Å². The molecule has 1 saturated heterocycles. The summed E-state index contributed by atoms with van der Waals surface area (Å²) >= 11 is 13.7. The number of imide groups is 1. The van der Waals surface area contributed by atoms with Crippen molar-refractivity contribution < 1.29 is 14.4 Å². The van der Waals surface area contributed by atoms with Crippen LogP contribution in [0.15, 0.2) is 66.0 Å². The van der Waals surface area contributed by atoms with E-state index in [9.17, 15) is 14.4 Å². The molecular weight excluding hydrogens is 469 g/mol. The summed E-state index contributed by atoms with van der Waals surface area (Å²) in [5.74, 6) is -1.02. The largest absolute Gasteiger partial charge is 0.343 e. The monoisotopic (exact) mass is 487 g/mol. The van der Waals surface area contributed by atoms with Gasteiger partial charge in [0.05, 0.1) is 6.04 Å². The third kappa shape index (κ3) is 4.24. The first-order valence-corrected chi connectivity index (χ1v) is 11.4. The molecule has 0 spiro atoms. The van der Waals surface area contributed by atoms with Gasteiger partial charge in [0.2, 0.25) is 5.91 Å². The summed E-state index contributed by atoms with van der Waals surface area (Å²) < 4.78 is 0. The second-order valence-electron chi connectivity index (χ2n) is 7.50. The van der Waals surface area contributed by atoms with Crippen LogP contribution in [-0.4, -0.2) is 29.3 Å². The number of hydrogen-bond acceptors (Lipinski definition) is 4. The molecule has 2 N–H and O–H groups in total. The van der Waals surface area contributed by atoms with E-state index in [4.69, 9.17) is 23.2 Å². The third-order valence-corrected chi connectivity index (χ3v) is 6.80. The van der Waals surface area contributed by atoms with Crippen molar-refractivity contribution in [1.82, 2.24) is 15.5 Å². The molecule has 1 aliphatic rings. The van der Waals surface area contributed by atoms with E-state index in [1.807, 2.05) is 47.8 Å². The van der Waals surface area contributed by atoms with Crippen molar-refractivity contribution in [2.45, 2.75) is 18.5 Å². The van der Waals surface area contributed by atoms with Gasteiger partial charge in [0.25, 0.3) is 5.91 Å². The molecule has 6 nitrogen and oxygen atoms in total. The number of halogens is 2. The molecule has 0 aliphatic carbocycles. The maximum absolute atomic E-state index is 13.2. The molecule has 2 atom stereocenters. The van der Waals surface area contributed by atoms with Crippen molar-refractivity contribution in [3.8, 4) is 0 Å². The first kappa shape index (κ1) is 22.3. The number of benzene rings is 2. The van der Waals surface area contributed by atoms with Crippen LogP contribution in [0.4, 0.5) is 4.79 Å². The Balaban J connectivity index is 1.54. The molecule has 2 aromatic carbocycles. The quantitative estimate of drug-likeness (QED) is 0.493. The lowest BCUT2D eigenvalue weighted by molar-refractivity contribution is -0.135. The Morgan fingerprint density at radius 2 is 1.88 bits per heavy atom. The summed E-state index contributed by atoms with van der Waals surface area (Å²) in [6.07, 6.45) is 0. The summed E-state index contributed by atoms with van der Waals surface area (Å²) in [5.41, 5.74) is -0.0881. The molecule has 164 valence electrons. The lowest BCUT2D eigenvalue weighted by Gasteiger charge is -2.24. The fourth-order valence-electron chi connectivity index (χ4n) is 3.69. The zero-order valence-electron chi connectivity index (χ0n) is 17.0. The number of carbonyl (C=O) groups excluding carboxylic acids is 3. The van der Waals surface area contributed by atoms with E-state index >= 15 is 0 Å². The Bertz CT molecular complexity index is 1170. The molecule has 0 radical (unpaired) electrons. The number of nitrogens with zero attached hydrogens (tertiary/aromatic N) is 1. The Hall–Kier alpha value is -2.87. The fourth-order valence-corrected chi connectivity index (χ4v) is 5.09. The van der Waals surface area contributed by atoms with Gasteiger partial charge in [-0.25, -0.2) is 4.79 Å². The molecule has 32 heavy (non-hydrogen) atoms. The predicted octanol–water partition coefficient (Wildman–Crippen LogP) is 4.73. The average Bonchev–Trinajstić information content (AvgIpc) is 3.36. The first-order chi connectivity index (χ1) is 15.3. The highest BCUT2D eigenvalue weighted by Gasteiger charge is 2.50. The van der Waals surface area contributed by atoms with Crippen LogP contribution >= 0.6 is 34.5 Å². The van der Waals surface area contributed by atoms with Crippen LogP contribution in [0.1, 0.15) is 29.0 Å². The zero-order valence-corrected chi connectivity index (χ0v) is 19.3. The SMILES string of the molecule is CC1(c2ccc(Cl)cc2Cl)NC(=O)N(CC(=O)NC(c2ccccc2)c2cccs2)C1=O. The molecule has 0 bridgehead atoms. The minimum atomic E-state index is -1.40. The summed E-state index contributed by atoms with van der Waals surface area (Å²) in [7, 11) is 0. The summed E-state index contributed by atoms with van der Waals surface area (Å²) in [6.45, 7) is 1.14. The van der Waals surface area contributed by atoms with Gasteiger partial charge in [-0.15, -0.1) is 11.3 Å². The number of hydrogen-bond donors (Lipinski definition) is 2. The van der Waals surface area contributed by atoms with E-state index in [0.717, 1.165) is 15.3 Å². The van der Waals surface area contributed by atoms with Gasteiger partial charge >= 0.3 is 6.03 Å². The molecule has 1 fully saturated rings. The lowest BCUT2D eigenvalue weighted by Crippen LogP contribution is -2.44. The molecule has 2 unspecified atom stereocenters. The van der Waals surface area contributed by atoms with Crippen molar-refractivity contribution >= 4 is 52.4 Å². The molecule has 4 rings (SSSR count). The van der Waals surface area contributed by atoms with Crippen LogP contribution in [0, 0.1) is 0 Å². The van der Waals surface area contributed by atoms with Crippen LogP contribution in [0.5, 0.6) is 0 Å². The van der Waals surface area contributed by atoms with E-state index in [-0.39, 0.29) is 11.1 Å². The molecule has 9 heteroatoms. The Kier molecular flexibility index (Phi) is 6.24. The summed E-state index contributed by atoms with van der Waals surface area (Å²) in [4.78, 5) is 40.5. The summed E-state index contributed by atoms with van der Waals surface area (Å²) in [6, 6.07) is 17.0. The summed E-state index contributed by atoms with van der Waals surface area (Å²) in [5, 5.41) is 8.19. The molecule has 1 aliphatic heterocycles. The standard InChI is InChI=1S/C23H19Cl2N3O3S/c1-23(16-10-9-15(24)12-17(16)25)21(30)28(22(31)27-23)13-19(29)26-20(18-8-5-11-32-18)14-6-3-2-4-7-14/h2-12,20H,13H2,1H3,(H,26,29)(H,27,31). The van der Waals surface area contributed by atoms with Crippen molar-refractivity contribution in [3.63, 3.8) is 0 Å². The Morgan fingerprint density at radius 1 is 1.12 bits per heavy atom. The van der Waals surface area contributed by atoms with Crippen LogP contribution in [0.25, 0.3) is 0 Å². The van der Waals surface area contributed by atoms with Crippen LogP contribution in [0.2, 0.25) is 10.0 Å². The average molecular weight is 488 g/mol. The van der Waals surface area contributed by atoms with Crippen molar-refractivity contribution in [2.24, 2.45) is 0 Å². The van der Waals surface area contributed by atoms with Crippen LogP contribution in [0.3, 0.4) is 0 Å². The van der Waals surface area contributed by atoms with Gasteiger partial charge < -0.3 is 10.6 Å². The van der Waals surface area contributed by atoms with Crippen molar-refractivity contribution in [1.29, 1.82) is 0 Å². The highest BCUT2D eigenvalue weighted by molar-refractivity contribution is 7.10. The van der Waals surface area contributed by atoms with Crippen molar-refractivity contribution in [3.05, 3.63) is 92.1 Å². The van der Waals surface area contributed by atoms with Gasteiger partial charge in [-0.05, 0) is 36.1 Å². The van der Waals surface area contributed by atoms with Gasteiger partial charge in [-0.3, -0.25) is 14.5 Å². The van der Waals surface area contributed by atoms with E-state index in [1.165, 1.54) is 17.4 Å². The van der Waals surface area contributed by atoms with Gasteiger partial charge in [0.1, 0.15) is 12.1 Å². The maximum Gasteiger partial charge on any atom is 0.325 e. The minimum absolute atomic E-state index is 0.252. The second kappa shape index (κ2) is 8.94. The Morgan fingerprint density at radius 3 is 2.53 bits per heavy atom.